The third-order valence-corrected chi connectivity index (χ3v) is 6.18. The van der Waals surface area contributed by atoms with E-state index < -0.39 is 0 Å². The summed E-state index contributed by atoms with van der Waals surface area (Å²) in [6.45, 7) is 4.58. The second-order valence-electron chi connectivity index (χ2n) is 7.14. The number of hydrogen-bond donors (Lipinski definition) is 0. The predicted molar refractivity (Wildman–Crippen MR) is 108 cm³/mol. The fourth-order valence-corrected chi connectivity index (χ4v) is 4.98. The number of fused-ring (bicyclic) bond motifs is 2. The van der Waals surface area contributed by atoms with E-state index >= 15 is 0 Å². The Hall–Kier alpha value is -2.93. The van der Waals surface area contributed by atoms with Gasteiger partial charge in [0.05, 0.1) is 18.5 Å². The van der Waals surface area contributed by atoms with Gasteiger partial charge in [-0.3, -0.25) is 4.79 Å². The van der Waals surface area contributed by atoms with E-state index in [4.69, 9.17) is 9.40 Å². The first kappa shape index (κ1) is 17.2. The minimum atomic E-state index is -0.217. The minimum Gasteiger partial charge on any atom is -0.463 e. The van der Waals surface area contributed by atoms with Crippen LogP contribution < -0.4 is 10.5 Å². The van der Waals surface area contributed by atoms with Gasteiger partial charge in [-0.15, -0.1) is 11.3 Å². The van der Waals surface area contributed by atoms with Crippen LogP contribution in [0.5, 0.6) is 0 Å². The molecule has 28 heavy (non-hydrogen) atoms. The molecule has 1 unspecified atom stereocenters. The largest absolute Gasteiger partial charge is 0.463 e. The number of hydrogen-bond acceptors (Lipinski definition) is 5. The van der Waals surface area contributed by atoms with Crippen molar-refractivity contribution >= 4 is 22.0 Å². The number of furan rings is 1. The second kappa shape index (κ2) is 6.31. The van der Waals surface area contributed by atoms with Gasteiger partial charge in [-0.1, -0.05) is 0 Å². The van der Waals surface area contributed by atoms with Crippen LogP contribution in [0.3, 0.4) is 0 Å². The first-order valence-corrected chi connectivity index (χ1v) is 9.94. The maximum atomic E-state index is 13.5. The van der Waals surface area contributed by atoms with E-state index in [0.717, 1.165) is 28.2 Å². The van der Waals surface area contributed by atoms with Crippen LogP contribution in [0.2, 0.25) is 0 Å². The highest BCUT2D eigenvalue weighted by Crippen LogP contribution is 2.34. The number of thiazole rings is 1. The highest BCUT2D eigenvalue weighted by atomic mass is 32.1. The number of aryl methyl sites for hydroxylation is 1. The van der Waals surface area contributed by atoms with Gasteiger partial charge in [-0.25, -0.2) is 13.8 Å². The molecule has 142 valence electrons. The molecule has 0 fully saturated rings. The first-order valence-electron chi connectivity index (χ1n) is 9.12. The zero-order valence-electron chi connectivity index (χ0n) is 15.5. The molecule has 5 nitrogen and oxygen atoms in total. The Bertz CT molecular complexity index is 1240. The van der Waals surface area contributed by atoms with Gasteiger partial charge in [0.15, 0.2) is 10.7 Å². The Morgan fingerprint density at radius 3 is 2.96 bits per heavy atom. The molecule has 0 amide bonds. The highest BCUT2D eigenvalue weighted by Gasteiger charge is 2.27. The molecule has 0 saturated heterocycles. The average molecular weight is 395 g/mol. The van der Waals surface area contributed by atoms with Crippen LogP contribution in [0.15, 0.2) is 51.9 Å². The van der Waals surface area contributed by atoms with Crippen LogP contribution in [0.4, 0.5) is 10.1 Å². The molecule has 0 aliphatic carbocycles. The number of aromatic nitrogens is 2. The monoisotopic (exact) mass is 395 g/mol. The van der Waals surface area contributed by atoms with E-state index in [1.165, 1.54) is 17.4 Å². The van der Waals surface area contributed by atoms with Crippen LogP contribution in [-0.4, -0.2) is 15.4 Å². The maximum Gasteiger partial charge on any atom is 0.259 e. The lowest BCUT2D eigenvalue weighted by atomic mass is 10.1. The van der Waals surface area contributed by atoms with Crippen molar-refractivity contribution in [3.8, 4) is 11.5 Å². The van der Waals surface area contributed by atoms with E-state index in [-0.39, 0.29) is 17.4 Å². The van der Waals surface area contributed by atoms with Crippen molar-refractivity contribution in [1.82, 2.24) is 9.38 Å². The van der Waals surface area contributed by atoms with Crippen molar-refractivity contribution in [3.05, 3.63) is 75.0 Å². The molecular formula is C21H18FN3O2S. The summed E-state index contributed by atoms with van der Waals surface area (Å²) < 4.78 is 20.7. The van der Waals surface area contributed by atoms with Crippen LogP contribution in [-0.2, 0) is 13.0 Å². The second-order valence-corrected chi connectivity index (χ2v) is 8.32. The van der Waals surface area contributed by atoms with Crippen LogP contribution in [0, 0.1) is 12.7 Å². The normalized spacial score (nSPS) is 16.1. The summed E-state index contributed by atoms with van der Waals surface area (Å²) in [5.41, 5.74) is 3.35. The van der Waals surface area contributed by atoms with Gasteiger partial charge < -0.3 is 9.32 Å². The first-order chi connectivity index (χ1) is 13.5. The Balaban J connectivity index is 1.56. The lowest BCUT2D eigenvalue weighted by Crippen LogP contribution is -2.30. The third-order valence-electron chi connectivity index (χ3n) is 5.23. The van der Waals surface area contributed by atoms with Crippen molar-refractivity contribution in [3.63, 3.8) is 0 Å². The quantitative estimate of drug-likeness (QED) is 0.515. The Morgan fingerprint density at radius 1 is 1.32 bits per heavy atom. The fraction of sp³-hybridized carbons (Fsp3) is 0.238. The van der Waals surface area contributed by atoms with Gasteiger partial charge in [-0.05, 0) is 56.2 Å². The molecule has 3 aromatic heterocycles. The Kier molecular flexibility index (Phi) is 3.87. The van der Waals surface area contributed by atoms with Gasteiger partial charge >= 0.3 is 0 Å². The third kappa shape index (κ3) is 2.65. The summed E-state index contributed by atoms with van der Waals surface area (Å²) in [6.07, 6.45) is 2.38. The molecule has 5 rings (SSSR count). The molecule has 1 aromatic carbocycles. The molecule has 7 heteroatoms. The molecule has 0 N–H and O–H groups in total. The molecule has 0 bridgehead atoms. The van der Waals surface area contributed by atoms with Gasteiger partial charge in [0, 0.05) is 22.7 Å². The summed E-state index contributed by atoms with van der Waals surface area (Å²) in [4.78, 5) is 21.4. The molecule has 0 saturated carbocycles. The lowest BCUT2D eigenvalue weighted by molar-refractivity contribution is 0.578. The fourth-order valence-electron chi connectivity index (χ4n) is 3.98. The summed E-state index contributed by atoms with van der Waals surface area (Å²) in [6, 6.07) is 10.3. The average Bonchev–Trinajstić information content (AvgIpc) is 3.33. The van der Waals surface area contributed by atoms with E-state index in [1.807, 2.05) is 19.1 Å². The van der Waals surface area contributed by atoms with E-state index in [1.54, 1.807) is 28.9 Å². The predicted octanol–water partition coefficient (Wildman–Crippen LogP) is 4.41. The number of nitrogens with zero attached hydrogens (tertiary/aromatic N) is 3. The van der Waals surface area contributed by atoms with Crippen molar-refractivity contribution < 1.29 is 8.81 Å². The number of halogens is 1. The van der Waals surface area contributed by atoms with Gasteiger partial charge in [-0.2, -0.15) is 0 Å². The van der Waals surface area contributed by atoms with Crippen LogP contribution in [0.25, 0.3) is 16.4 Å². The number of rotatable bonds is 3. The zero-order chi connectivity index (χ0) is 19.4. The molecule has 1 aliphatic heterocycles. The van der Waals surface area contributed by atoms with E-state index in [9.17, 15) is 9.18 Å². The SMILES string of the molecule is Cc1sc2nc(CN3c4ccc(F)cc4CC3C)cc(=O)n2c1-c1ccco1. The lowest BCUT2D eigenvalue weighted by Gasteiger charge is -2.24. The van der Waals surface area contributed by atoms with Crippen molar-refractivity contribution in [2.75, 3.05) is 4.90 Å². The number of anilines is 1. The van der Waals surface area contributed by atoms with Crippen molar-refractivity contribution in [2.24, 2.45) is 0 Å². The molecule has 4 aromatic rings. The Morgan fingerprint density at radius 2 is 2.18 bits per heavy atom. The van der Waals surface area contributed by atoms with Gasteiger partial charge in [0.1, 0.15) is 11.5 Å². The summed E-state index contributed by atoms with van der Waals surface area (Å²) in [7, 11) is 0. The highest BCUT2D eigenvalue weighted by molar-refractivity contribution is 7.17. The van der Waals surface area contributed by atoms with Crippen molar-refractivity contribution in [1.29, 1.82) is 0 Å². The standard InChI is InChI=1S/C21H18FN3O2S/c1-12-8-14-9-15(22)5-6-17(14)24(12)11-16-10-19(26)25-20(18-4-3-7-27-18)13(2)28-21(25)23-16/h3-7,9-10,12H,8,11H2,1-2H3. The van der Waals surface area contributed by atoms with Crippen LogP contribution >= 0.6 is 11.3 Å². The van der Waals surface area contributed by atoms with E-state index in [0.29, 0.717) is 23.0 Å². The summed E-state index contributed by atoms with van der Waals surface area (Å²) in [5, 5.41) is 0. The smallest absolute Gasteiger partial charge is 0.259 e. The molecular weight excluding hydrogens is 377 g/mol. The molecule has 1 atom stereocenters. The Labute approximate surface area is 164 Å². The molecule has 0 radical (unpaired) electrons. The maximum absolute atomic E-state index is 13.5. The summed E-state index contributed by atoms with van der Waals surface area (Å²) in [5.74, 6) is 0.439. The van der Waals surface area contributed by atoms with Crippen LogP contribution in [0.1, 0.15) is 23.1 Å². The number of benzene rings is 1. The molecule has 1 aliphatic rings. The minimum absolute atomic E-state index is 0.123. The van der Waals surface area contributed by atoms with Crippen molar-refractivity contribution in [2.45, 2.75) is 32.9 Å². The van der Waals surface area contributed by atoms with E-state index in [2.05, 4.69) is 11.8 Å². The van der Waals surface area contributed by atoms with Gasteiger partial charge in [0.2, 0.25) is 0 Å². The summed E-state index contributed by atoms with van der Waals surface area (Å²) >= 11 is 1.48. The molecule has 0 spiro atoms. The molecule has 4 heterocycles. The zero-order valence-corrected chi connectivity index (χ0v) is 16.3. The topological polar surface area (TPSA) is 50.8 Å². The van der Waals surface area contributed by atoms with Gasteiger partial charge in [0.25, 0.3) is 5.56 Å².